The largest absolute Gasteiger partial charge is 0.325 e. The van der Waals surface area contributed by atoms with Gasteiger partial charge in [-0.25, -0.2) is 9.65 Å². The summed E-state index contributed by atoms with van der Waals surface area (Å²) in [5.74, 6) is -0.746. The van der Waals surface area contributed by atoms with Gasteiger partial charge in [-0.2, -0.15) is 0 Å². The van der Waals surface area contributed by atoms with E-state index in [1.807, 2.05) is 0 Å². The fraction of sp³-hybridized carbons (Fsp3) is 0.333. The molecule has 0 aliphatic heterocycles. The topological polar surface area (TPSA) is 29.5 Å². The van der Waals surface area contributed by atoms with Crippen molar-refractivity contribution in [1.82, 2.24) is 0 Å². The molecule has 7 heavy (non-hydrogen) atoms. The second-order valence-corrected chi connectivity index (χ2v) is 1.24. The van der Waals surface area contributed by atoms with Crippen LogP contribution in [0, 0.1) is 0 Å². The van der Waals surface area contributed by atoms with E-state index in [0.717, 1.165) is 6.92 Å². The Morgan fingerprint density at radius 3 is 2.29 bits per heavy atom. The molecule has 0 saturated heterocycles. The predicted molar refractivity (Wildman–Crippen MR) is 23.4 cm³/mol. The van der Waals surface area contributed by atoms with Gasteiger partial charge in [-0.1, -0.05) is 0 Å². The molecule has 0 aromatic rings. The molecule has 0 aromatic carbocycles. The Morgan fingerprint density at radius 2 is 2.29 bits per heavy atom. The summed E-state index contributed by atoms with van der Waals surface area (Å²) in [4.78, 5) is 3.28. The van der Waals surface area contributed by atoms with Gasteiger partial charge in [-0.15, -0.1) is 0 Å². The molecule has 0 aromatic heterocycles. The zero-order chi connectivity index (χ0) is 5.86. The lowest BCUT2D eigenvalue weighted by Gasteiger charge is -1.88. The lowest BCUT2D eigenvalue weighted by atomic mass is 10.7. The third kappa shape index (κ3) is 2.42. The van der Waals surface area contributed by atoms with Crippen molar-refractivity contribution in [1.29, 1.82) is 0 Å². The van der Waals surface area contributed by atoms with Crippen molar-refractivity contribution in [2.24, 2.45) is 0 Å². The van der Waals surface area contributed by atoms with Crippen molar-refractivity contribution in [2.45, 2.75) is 6.92 Å². The lowest BCUT2D eigenvalue weighted by molar-refractivity contribution is -0.195. The Balaban J connectivity index is 3.72. The van der Waals surface area contributed by atoms with Crippen molar-refractivity contribution in [3.8, 4) is 0 Å². The monoisotopic (exact) mass is 126 g/mol. The summed E-state index contributed by atoms with van der Waals surface area (Å²) >= 11 is 4.83. The van der Waals surface area contributed by atoms with Gasteiger partial charge in [0.15, 0.2) is 5.83 Å². The summed E-state index contributed by atoms with van der Waals surface area (Å²) in [5.41, 5.74) is 0. The van der Waals surface area contributed by atoms with E-state index in [-0.39, 0.29) is 0 Å². The van der Waals surface area contributed by atoms with Crippen LogP contribution < -0.4 is 0 Å². The van der Waals surface area contributed by atoms with E-state index in [4.69, 9.17) is 16.9 Å². The zero-order valence-corrected chi connectivity index (χ0v) is 4.37. The third-order valence-corrected chi connectivity index (χ3v) is 0.680. The van der Waals surface area contributed by atoms with Crippen molar-refractivity contribution >= 4 is 11.6 Å². The number of allylic oxidation sites excluding steroid dienone is 1. The molecule has 0 fully saturated rings. The van der Waals surface area contributed by atoms with Crippen molar-refractivity contribution in [3.05, 3.63) is 11.0 Å². The summed E-state index contributed by atoms with van der Waals surface area (Å²) in [6, 6.07) is 0. The number of hydrogen-bond donors (Lipinski definition) is 1. The van der Waals surface area contributed by atoms with E-state index in [0.29, 0.717) is 0 Å². The molecule has 0 heterocycles. The first-order chi connectivity index (χ1) is 3.18. The van der Waals surface area contributed by atoms with E-state index in [1.165, 1.54) is 0 Å². The van der Waals surface area contributed by atoms with Crippen LogP contribution in [-0.2, 0) is 4.89 Å². The Labute approximate surface area is 45.1 Å². The summed E-state index contributed by atoms with van der Waals surface area (Å²) in [5, 5.41) is 6.95. The van der Waals surface area contributed by atoms with Gasteiger partial charge in [0.25, 0.3) is 5.22 Å². The van der Waals surface area contributed by atoms with Gasteiger partial charge in [0.1, 0.15) is 0 Å². The maximum atomic E-state index is 11.6. The second kappa shape index (κ2) is 2.82. The highest BCUT2D eigenvalue weighted by Gasteiger charge is 1.94. The molecule has 1 N–H and O–H groups in total. The Bertz CT molecular complexity index is 86.9. The molecule has 0 aliphatic rings. The molecule has 0 amide bonds. The van der Waals surface area contributed by atoms with Gasteiger partial charge in [-0.3, -0.25) is 0 Å². The van der Waals surface area contributed by atoms with Crippen LogP contribution in [0.25, 0.3) is 0 Å². The fourth-order valence-electron chi connectivity index (χ4n) is 0.0629. The van der Waals surface area contributed by atoms with E-state index >= 15 is 0 Å². The van der Waals surface area contributed by atoms with Crippen LogP contribution in [0.5, 0.6) is 0 Å². The van der Waals surface area contributed by atoms with Crippen LogP contribution in [0.3, 0.4) is 0 Å². The third-order valence-electron chi connectivity index (χ3n) is 0.351. The Kier molecular flexibility index (Phi) is 2.71. The first-order valence-electron chi connectivity index (χ1n) is 1.51. The number of hydrogen-bond acceptors (Lipinski definition) is 2. The Morgan fingerprint density at radius 1 is 1.86 bits per heavy atom. The zero-order valence-electron chi connectivity index (χ0n) is 3.61. The van der Waals surface area contributed by atoms with Crippen molar-refractivity contribution in [3.63, 3.8) is 0 Å². The summed E-state index contributed by atoms with van der Waals surface area (Å²) < 4.78 is 11.6. The van der Waals surface area contributed by atoms with Gasteiger partial charge in [0.2, 0.25) is 0 Å². The molecule has 0 saturated carbocycles. The molecule has 4 heteroatoms. The molecular formula is C3H4ClFO2. The van der Waals surface area contributed by atoms with Crippen molar-refractivity contribution in [2.75, 3.05) is 0 Å². The highest BCUT2D eigenvalue weighted by molar-refractivity contribution is 6.28. The average Bonchev–Trinajstić information content (AvgIpc) is 1.65. The summed E-state index contributed by atoms with van der Waals surface area (Å²) in [6.45, 7) is 1.07. The molecule has 0 spiro atoms. The predicted octanol–water partition coefficient (Wildman–Crippen LogP) is 1.87. The highest BCUT2D eigenvalue weighted by Crippen LogP contribution is 2.08. The van der Waals surface area contributed by atoms with Crippen LogP contribution in [0.4, 0.5) is 4.39 Å². The van der Waals surface area contributed by atoms with Gasteiger partial charge >= 0.3 is 0 Å². The standard InChI is InChI=1S/C3H4ClFO2/c1-2(5)3(4)7-6/h6H,1H3/b3-2-. The van der Waals surface area contributed by atoms with E-state index in [1.54, 1.807) is 0 Å². The first kappa shape index (κ1) is 6.72. The second-order valence-electron chi connectivity index (χ2n) is 0.898. The maximum Gasteiger partial charge on any atom is 0.262 e. The normalized spacial score (nSPS) is 13.1. The van der Waals surface area contributed by atoms with Crippen LogP contribution in [0.1, 0.15) is 6.92 Å². The molecule has 0 bridgehead atoms. The smallest absolute Gasteiger partial charge is 0.262 e. The van der Waals surface area contributed by atoms with Gasteiger partial charge in [-0.05, 0) is 18.5 Å². The molecule has 0 aliphatic carbocycles. The minimum Gasteiger partial charge on any atom is -0.325 e. The molecular weight excluding hydrogens is 122 g/mol. The van der Waals surface area contributed by atoms with Crippen LogP contribution in [-0.4, -0.2) is 5.26 Å². The number of halogens is 2. The minimum absolute atomic E-state index is 0.625. The molecule has 42 valence electrons. The number of rotatable bonds is 1. The van der Waals surface area contributed by atoms with Gasteiger partial charge in [0.05, 0.1) is 0 Å². The van der Waals surface area contributed by atoms with Crippen LogP contribution >= 0.6 is 11.6 Å². The van der Waals surface area contributed by atoms with E-state index in [2.05, 4.69) is 4.89 Å². The van der Waals surface area contributed by atoms with Crippen molar-refractivity contribution < 1.29 is 14.5 Å². The molecule has 2 nitrogen and oxygen atoms in total. The summed E-state index contributed by atoms with van der Waals surface area (Å²) in [7, 11) is 0. The highest BCUT2D eigenvalue weighted by atomic mass is 35.5. The molecule has 0 unspecified atom stereocenters. The maximum absolute atomic E-state index is 11.6. The Hall–Kier alpha value is -0.280. The fourth-order valence-corrected chi connectivity index (χ4v) is 0.0629. The molecule has 0 radical (unpaired) electrons. The summed E-state index contributed by atoms with van der Waals surface area (Å²) in [6.07, 6.45) is 0. The molecule has 0 atom stereocenters. The van der Waals surface area contributed by atoms with E-state index < -0.39 is 11.0 Å². The van der Waals surface area contributed by atoms with Gasteiger partial charge < -0.3 is 4.89 Å². The first-order valence-corrected chi connectivity index (χ1v) is 1.89. The van der Waals surface area contributed by atoms with E-state index in [9.17, 15) is 4.39 Å². The quantitative estimate of drug-likeness (QED) is 0.330. The van der Waals surface area contributed by atoms with Crippen LogP contribution in [0.2, 0.25) is 0 Å². The lowest BCUT2D eigenvalue weighted by Crippen LogP contribution is -1.76. The molecule has 0 rings (SSSR count). The average molecular weight is 127 g/mol. The van der Waals surface area contributed by atoms with Crippen LogP contribution in [0.15, 0.2) is 11.0 Å². The minimum atomic E-state index is -0.746. The SMILES string of the molecule is C/C(F)=C(\Cl)OO. The van der Waals surface area contributed by atoms with Gasteiger partial charge in [0, 0.05) is 0 Å².